The van der Waals surface area contributed by atoms with Crippen molar-refractivity contribution in [2.75, 3.05) is 13.2 Å². The Balaban J connectivity index is 1.81. The molecule has 1 atom stereocenters. The van der Waals surface area contributed by atoms with Crippen LogP contribution in [0.3, 0.4) is 0 Å². The highest BCUT2D eigenvalue weighted by atomic mass is 79.9. The number of phenols is 1. The number of halogens is 1. The van der Waals surface area contributed by atoms with Gasteiger partial charge in [0.25, 0.3) is 5.91 Å². The van der Waals surface area contributed by atoms with Crippen LogP contribution in [0.5, 0.6) is 5.75 Å². The van der Waals surface area contributed by atoms with Gasteiger partial charge in [-0.3, -0.25) is 9.59 Å². The fourth-order valence-electron chi connectivity index (χ4n) is 3.78. The molecule has 1 aliphatic heterocycles. The Kier molecular flexibility index (Phi) is 5.66. The van der Waals surface area contributed by atoms with E-state index in [1.165, 1.54) is 0 Å². The number of carbonyl (C=O) groups excluding carboxylic acids is 1. The first kappa shape index (κ1) is 20.6. The molecule has 0 bridgehead atoms. The Labute approximate surface area is 182 Å². The van der Waals surface area contributed by atoms with E-state index in [-0.39, 0.29) is 28.9 Å². The van der Waals surface area contributed by atoms with Gasteiger partial charge in [0, 0.05) is 17.6 Å². The lowest BCUT2D eigenvalue weighted by Gasteiger charge is -2.25. The van der Waals surface area contributed by atoms with E-state index in [1.807, 2.05) is 13.8 Å². The van der Waals surface area contributed by atoms with Crippen LogP contribution in [0.15, 0.2) is 56.1 Å². The van der Waals surface area contributed by atoms with Crippen molar-refractivity contribution in [3.05, 3.63) is 74.0 Å². The molecule has 0 radical (unpaired) electrons. The van der Waals surface area contributed by atoms with Crippen LogP contribution in [0.4, 0.5) is 0 Å². The average molecular weight is 472 g/mol. The molecule has 2 aromatic carbocycles. The third-order valence-electron chi connectivity index (χ3n) is 5.13. The molecule has 0 fully saturated rings. The Bertz CT molecular complexity index is 1150. The first-order valence-electron chi connectivity index (χ1n) is 9.84. The summed E-state index contributed by atoms with van der Waals surface area (Å²) in [6.45, 7) is 4.85. The smallest absolute Gasteiger partial charge is 0.290 e. The Morgan fingerprint density at radius 2 is 1.90 bits per heavy atom. The molecule has 30 heavy (non-hydrogen) atoms. The molecule has 7 heteroatoms. The zero-order valence-corrected chi connectivity index (χ0v) is 18.3. The maximum absolute atomic E-state index is 13.4. The number of nitrogens with zero attached hydrogens (tertiary/aromatic N) is 1. The van der Waals surface area contributed by atoms with Gasteiger partial charge in [-0.05, 0) is 56.2 Å². The van der Waals surface area contributed by atoms with E-state index in [0.717, 1.165) is 10.0 Å². The molecule has 3 aromatic rings. The number of aromatic hydroxyl groups is 1. The van der Waals surface area contributed by atoms with Crippen molar-refractivity contribution in [1.29, 1.82) is 0 Å². The van der Waals surface area contributed by atoms with Crippen molar-refractivity contribution in [2.45, 2.75) is 32.4 Å². The summed E-state index contributed by atoms with van der Waals surface area (Å²) in [7, 11) is 0. The normalized spacial score (nSPS) is 15.9. The number of phenolic OH excluding ortho intramolecular Hbond substituents is 1. The first-order chi connectivity index (χ1) is 14.4. The highest BCUT2D eigenvalue weighted by molar-refractivity contribution is 9.10. The Morgan fingerprint density at radius 1 is 1.17 bits per heavy atom. The highest BCUT2D eigenvalue weighted by Crippen LogP contribution is 2.38. The van der Waals surface area contributed by atoms with Crippen LogP contribution in [0.1, 0.15) is 48.0 Å². The minimum absolute atomic E-state index is 0.0812. The molecule has 1 aliphatic rings. The van der Waals surface area contributed by atoms with E-state index < -0.39 is 6.04 Å². The van der Waals surface area contributed by atoms with Gasteiger partial charge >= 0.3 is 0 Å². The largest absolute Gasteiger partial charge is 0.508 e. The number of fused-ring (bicyclic) bond motifs is 2. The van der Waals surface area contributed by atoms with Gasteiger partial charge in [-0.2, -0.15) is 0 Å². The lowest BCUT2D eigenvalue weighted by Crippen LogP contribution is -2.31. The summed E-state index contributed by atoms with van der Waals surface area (Å²) < 4.78 is 12.3. The standard InChI is InChI=1S/C23H22BrNO5/c1-13(2)29-11-3-10-25-20(14-4-7-16(26)8-5-14)19-21(27)17-12-15(24)6-9-18(17)30-22(19)23(25)28/h4-9,12-13,20,26H,3,10-11H2,1-2H3. The molecule has 6 nitrogen and oxygen atoms in total. The molecule has 0 saturated carbocycles. The van der Waals surface area contributed by atoms with Crippen LogP contribution in [-0.4, -0.2) is 35.2 Å². The summed E-state index contributed by atoms with van der Waals surface area (Å²) in [5.74, 6) is -0.109. The number of benzene rings is 2. The van der Waals surface area contributed by atoms with E-state index in [4.69, 9.17) is 9.15 Å². The quantitative estimate of drug-likeness (QED) is 0.530. The van der Waals surface area contributed by atoms with Crippen LogP contribution in [0.2, 0.25) is 0 Å². The molecule has 156 valence electrons. The molecule has 0 saturated heterocycles. The van der Waals surface area contributed by atoms with Crippen molar-refractivity contribution < 1.29 is 19.1 Å². The number of ether oxygens (including phenoxy) is 1. The fraction of sp³-hybridized carbons (Fsp3) is 0.304. The zero-order valence-electron chi connectivity index (χ0n) is 16.7. The minimum atomic E-state index is -0.577. The summed E-state index contributed by atoms with van der Waals surface area (Å²) in [5, 5.41) is 10.1. The minimum Gasteiger partial charge on any atom is -0.508 e. The van der Waals surface area contributed by atoms with E-state index >= 15 is 0 Å². The maximum atomic E-state index is 13.4. The number of carbonyl (C=O) groups is 1. The highest BCUT2D eigenvalue weighted by Gasteiger charge is 2.42. The first-order valence-corrected chi connectivity index (χ1v) is 10.6. The monoisotopic (exact) mass is 471 g/mol. The van der Waals surface area contributed by atoms with Crippen molar-refractivity contribution in [3.63, 3.8) is 0 Å². The van der Waals surface area contributed by atoms with Gasteiger partial charge in [-0.1, -0.05) is 28.1 Å². The van der Waals surface area contributed by atoms with Crippen LogP contribution < -0.4 is 5.43 Å². The molecular weight excluding hydrogens is 450 g/mol. The number of hydrogen-bond donors (Lipinski definition) is 1. The van der Waals surface area contributed by atoms with Crippen molar-refractivity contribution >= 4 is 32.8 Å². The van der Waals surface area contributed by atoms with Crippen LogP contribution in [0, 0.1) is 0 Å². The Hall–Kier alpha value is -2.64. The second-order valence-electron chi connectivity index (χ2n) is 7.58. The number of rotatable bonds is 6. The van der Waals surface area contributed by atoms with Gasteiger partial charge in [0.1, 0.15) is 11.3 Å². The van der Waals surface area contributed by atoms with E-state index in [2.05, 4.69) is 15.9 Å². The SMILES string of the molecule is CC(C)OCCCN1C(=O)c2oc3ccc(Br)cc3c(=O)c2C1c1ccc(O)cc1. The molecule has 1 N–H and O–H groups in total. The second kappa shape index (κ2) is 8.24. The molecule has 1 unspecified atom stereocenters. The third-order valence-corrected chi connectivity index (χ3v) is 5.62. The van der Waals surface area contributed by atoms with Crippen molar-refractivity contribution in [1.82, 2.24) is 4.90 Å². The average Bonchev–Trinajstić information content (AvgIpc) is 2.99. The molecule has 0 spiro atoms. The van der Waals surface area contributed by atoms with Crippen molar-refractivity contribution in [3.8, 4) is 5.75 Å². The second-order valence-corrected chi connectivity index (χ2v) is 8.50. The third kappa shape index (κ3) is 3.75. The predicted molar refractivity (Wildman–Crippen MR) is 117 cm³/mol. The lowest BCUT2D eigenvalue weighted by atomic mass is 9.98. The van der Waals surface area contributed by atoms with Gasteiger partial charge in [0.2, 0.25) is 5.76 Å². The number of amides is 1. The van der Waals surface area contributed by atoms with E-state index in [0.29, 0.717) is 36.1 Å². The summed E-state index contributed by atoms with van der Waals surface area (Å²) in [6, 6.07) is 11.1. The van der Waals surface area contributed by atoms with Gasteiger partial charge in [0.05, 0.1) is 23.1 Å². The van der Waals surface area contributed by atoms with E-state index in [9.17, 15) is 14.7 Å². The van der Waals surface area contributed by atoms with E-state index in [1.54, 1.807) is 47.4 Å². The summed E-state index contributed by atoms with van der Waals surface area (Å²) in [6.07, 6.45) is 0.738. The fourth-order valence-corrected chi connectivity index (χ4v) is 4.14. The van der Waals surface area contributed by atoms with Crippen LogP contribution in [-0.2, 0) is 4.74 Å². The van der Waals surface area contributed by atoms with Gasteiger partial charge in [0.15, 0.2) is 5.43 Å². The van der Waals surface area contributed by atoms with Gasteiger partial charge in [-0.15, -0.1) is 0 Å². The van der Waals surface area contributed by atoms with Crippen LogP contribution >= 0.6 is 15.9 Å². The molecule has 1 aromatic heterocycles. The van der Waals surface area contributed by atoms with Gasteiger partial charge in [-0.25, -0.2) is 0 Å². The molecule has 1 amide bonds. The van der Waals surface area contributed by atoms with Crippen LogP contribution in [0.25, 0.3) is 11.0 Å². The lowest BCUT2D eigenvalue weighted by molar-refractivity contribution is 0.0593. The summed E-state index contributed by atoms with van der Waals surface area (Å²) >= 11 is 3.39. The number of hydrogen-bond acceptors (Lipinski definition) is 5. The topological polar surface area (TPSA) is 80.0 Å². The molecule has 2 heterocycles. The predicted octanol–water partition coefficient (Wildman–Crippen LogP) is 4.62. The molecule has 0 aliphatic carbocycles. The Morgan fingerprint density at radius 3 is 2.60 bits per heavy atom. The van der Waals surface area contributed by atoms with Gasteiger partial charge < -0.3 is 19.2 Å². The van der Waals surface area contributed by atoms with Crippen molar-refractivity contribution in [2.24, 2.45) is 0 Å². The molecule has 4 rings (SSSR count). The summed E-state index contributed by atoms with van der Waals surface area (Å²) in [4.78, 5) is 28.3. The maximum Gasteiger partial charge on any atom is 0.290 e. The zero-order chi connectivity index (χ0) is 21.4. The molecular formula is C23H22BrNO5. The summed E-state index contributed by atoms with van der Waals surface area (Å²) in [5.41, 5.74) is 1.23.